The Hall–Kier alpha value is -2.77. The number of benzene rings is 2. The van der Waals surface area contributed by atoms with E-state index in [1.807, 2.05) is 26.1 Å². The van der Waals surface area contributed by atoms with E-state index in [0.29, 0.717) is 32.9 Å². The molecule has 1 unspecified atom stereocenters. The van der Waals surface area contributed by atoms with E-state index in [4.69, 9.17) is 33.3 Å². The number of allylic oxidation sites excluding steroid dienone is 1. The summed E-state index contributed by atoms with van der Waals surface area (Å²) in [4.78, 5) is 15.1. The number of ether oxygens (including phenoxy) is 2. The van der Waals surface area contributed by atoms with Gasteiger partial charge in [-0.3, -0.25) is 4.79 Å². The Morgan fingerprint density at radius 2 is 1.86 bits per heavy atom. The van der Waals surface area contributed by atoms with Gasteiger partial charge in [0.2, 0.25) is 0 Å². The van der Waals surface area contributed by atoms with E-state index in [-0.39, 0.29) is 5.91 Å². The molecule has 1 heterocycles. The van der Waals surface area contributed by atoms with Gasteiger partial charge in [-0.15, -0.1) is 0 Å². The Kier molecular flexibility index (Phi) is 6.30. The molecule has 0 aromatic heterocycles. The lowest BCUT2D eigenvalue weighted by molar-refractivity contribution is -0.113. The number of anilines is 1. The zero-order valence-electron chi connectivity index (χ0n) is 16.6. The molecule has 0 bridgehead atoms. The summed E-state index contributed by atoms with van der Waals surface area (Å²) in [7, 11) is 4.94. The van der Waals surface area contributed by atoms with Gasteiger partial charge in [-0.05, 0) is 49.0 Å². The van der Waals surface area contributed by atoms with Crippen molar-refractivity contribution in [2.75, 3.05) is 26.6 Å². The summed E-state index contributed by atoms with van der Waals surface area (Å²) in [5, 5.41) is 7.35. The lowest BCUT2D eigenvalue weighted by Gasteiger charge is -2.35. The highest BCUT2D eigenvalue weighted by Crippen LogP contribution is 2.34. The smallest absolute Gasteiger partial charge is 0.255 e. The first-order valence-electron chi connectivity index (χ1n) is 8.89. The number of methoxy groups -OCH3 is 2. The molecule has 1 atom stereocenters. The van der Waals surface area contributed by atoms with Gasteiger partial charge in [0.25, 0.3) is 5.91 Å². The summed E-state index contributed by atoms with van der Waals surface area (Å²) in [5.41, 5.74) is 2.70. The highest BCUT2D eigenvalue weighted by Gasteiger charge is 2.32. The predicted molar refractivity (Wildman–Crippen MR) is 119 cm³/mol. The van der Waals surface area contributed by atoms with Crippen LogP contribution in [0.4, 0.5) is 5.69 Å². The monoisotopic (exact) mass is 431 g/mol. The van der Waals surface area contributed by atoms with Crippen LogP contribution in [-0.2, 0) is 4.79 Å². The first kappa shape index (κ1) is 21.0. The fraction of sp³-hybridized carbons (Fsp3) is 0.238. The van der Waals surface area contributed by atoms with Crippen LogP contribution < -0.4 is 20.1 Å². The molecule has 29 heavy (non-hydrogen) atoms. The van der Waals surface area contributed by atoms with Gasteiger partial charge in [0.15, 0.2) is 5.11 Å². The van der Waals surface area contributed by atoms with E-state index in [1.54, 1.807) is 49.5 Å². The molecule has 3 rings (SSSR count). The minimum Gasteiger partial charge on any atom is -0.497 e. The summed E-state index contributed by atoms with van der Waals surface area (Å²) in [6.45, 7) is 1.87. The minimum absolute atomic E-state index is 0.268. The topological polar surface area (TPSA) is 62.8 Å². The second kappa shape index (κ2) is 8.71. The number of amides is 1. The molecular formula is C21H22ClN3O3S. The summed E-state index contributed by atoms with van der Waals surface area (Å²) in [6.07, 6.45) is 0. The van der Waals surface area contributed by atoms with E-state index in [1.165, 1.54) is 0 Å². The minimum atomic E-state index is -0.410. The van der Waals surface area contributed by atoms with Crippen molar-refractivity contribution in [3.05, 3.63) is 64.3 Å². The van der Waals surface area contributed by atoms with Gasteiger partial charge in [0, 0.05) is 23.8 Å². The number of nitrogens with one attached hydrogen (secondary N) is 2. The summed E-state index contributed by atoms with van der Waals surface area (Å²) >= 11 is 11.5. The maximum absolute atomic E-state index is 13.3. The van der Waals surface area contributed by atoms with Crippen LogP contribution in [-0.4, -0.2) is 37.2 Å². The number of nitrogens with zero attached hydrogens (tertiary/aromatic N) is 1. The number of thiocarbonyl (C=S) groups is 1. The number of carbonyl (C=O) groups is 1. The Labute approximate surface area is 180 Å². The fourth-order valence-corrected chi connectivity index (χ4v) is 3.52. The van der Waals surface area contributed by atoms with Crippen molar-refractivity contribution in [3.63, 3.8) is 0 Å². The van der Waals surface area contributed by atoms with Gasteiger partial charge in [0.1, 0.15) is 11.5 Å². The van der Waals surface area contributed by atoms with Crippen molar-refractivity contribution in [1.29, 1.82) is 0 Å². The van der Waals surface area contributed by atoms with E-state index in [2.05, 4.69) is 10.6 Å². The second-order valence-corrected chi connectivity index (χ2v) is 7.34. The molecule has 8 heteroatoms. The molecule has 2 N–H and O–H groups in total. The maximum atomic E-state index is 13.3. The van der Waals surface area contributed by atoms with Gasteiger partial charge in [0.05, 0.1) is 31.5 Å². The molecule has 0 fully saturated rings. The standard InChI is InChI=1S/C21H22ClN3O3S/c1-12-18(20(26)23-16-11-15(27-3)9-10-17(16)28-4)19(24-21(29)25(12)2)13-5-7-14(22)8-6-13/h5-11,19H,1-4H3,(H,23,26)(H,24,29). The molecule has 6 nitrogen and oxygen atoms in total. The van der Waals surface area contributed by atoms with Crippen LogP contribution in [0.15, 0.2) is 53.7 Å². The molecule has 0 saturated heterocycles. The lowest BCUT2D eigenvalue weighted by Crippen LogP contribution is -2.46. The molecule has 0 spiro atoms. The molecule has 1 aliphatic rings. The van der Waals surface area contributed by atoms with Crippen molar-refractivity contribution in [3.8, 4) is 11.5 Å². The highest BCUT2D eigenvalue weighted by molar-refractivity contribution is 7.80. The van der Waals surface area contributed by atoms with Crippen molar-refractivity contribution >= 4 is 40.5 Å². The SMILES string of the molecule is COc1ccc(OC)c(NC(=O)C2=C(C)N(C)C(=S)NC2c2ccc(Cl)cc2)c1. The van der Waals surface area contributed by atoms with Crippen LogP contribution in [0.25, 0.3) is 0 Å². The van der Waals surface area contributed by atoms with Crippen LogP contribution in [0.2, 0.25) is 5.02 Å². The molecule has 0 radical (unpaired) electrons. The second-order valence-electron chi connectivity index (χ2n) is 6.51. The zero-order chi connectivity index (χ0) is 21.1. The molecule has 0 saturated carbocycles. The van der Waals surface area contributed by atoms with E-state index in [9.17, 15) is 4.79 Å². The molecule has 2 aromatic carbocycles. The zero-order valence-corrected chi connectivity index (χ0v) is 18.1. The predicted octanol–water partition coefficient (Wildman–Crippen LogP) is 4.13. The number of carbonyl (C=O) groups excluding carboxylic acids is 1. The van der Waals surface area contributed by atoms with Crippen LogP contribution in [0.1, 0.15) is 18.5 Å². The Morgan fingerprint density at radius 3 is 2.48 bits per heavy atom. The van der Waals surface area contributed by atoms with Crippen molar-refractivity contribution in [1.82, 2.24) is 10.2 Å². The van der Waals surface area contributed by atoms with Gasteiger partial charge >= 0.3 is 0 Å². The molecule has 2 aromatic rings. The van der Waals surface area contributed by atoms with E-state index < -0.39 is 6.04 Å². The van der Waals surface area contributed by atoms with Crippen molar-refractivity contribution in [2.24, 2.45) is 0 Å². The summed E-state index contributed by atoms with van der Waals surface area (Å²) in [5.74, 6) is 0.880. The Morgan fingerprint density at radius 1 is 1.17 bits per heavy atom. The number of hydrogen-bond donors (Lipinski definition) is 2. The van der Waals surface area contributed by atoms with Crippen molar-refractivity contribution < 1.29 is 14.3 Å². The summed E-state index contributed by atoms with van der Waals surface area (Å²) < 4.78 is 10.6. The van der Waals surface area contributed by atoms with Gasteiger partial charge < -0.3 is 25.0 Å². The van der Waals surface area contributed by atoms with Gasteiger partial charge in [-0.25, -0.2) is 0 Å². The molecule has 152 valence electrons. The molecular weight excluding hydrogens is 410 g/mol. The largest absolute Gasteiger partial charge is 0.497 e. The van der Waals surface area contributed by atoms with Crippen LogP contribution in [0.3, 0.4) is 0 Å². The van der Waals surface area contributed by atoms with Crippen LogP contribution in [0.5, 0.6) is 11.5 Å². The number of hydrogen-bond acceptors (Lipinski definition) is 4. The first-order valence-corrected chi connectivity index (χ1v) is 9.68. The third kappa shape index (κ3) is 4.31. The van der Waals surface area contributed by atoms with Gasteiger partial charge in [-0.2, -0.15) is 0 Å². The third-order valence-electron chi connectivity index (χ3n) is 4.86. The highest BCUT2D eigenvalue weighted by atomic mass is 35.5. The molecule has 1 aliphatic heterocycles. The fourth-order valence-electron chi connectivity index (χ4n) is 3.14. The third-order valence-corrected chi connectivity index (χ3v) is 5.50. The quantitative estimate of drug-likeness (QED) is 0.694. The Bertz CT molecular complexity index is 976. The lowest BCUT2D eigenvalue weighted by atomic mass is 9.94. The summed E-state index contributed by atoms with van der Waals surface area (Å²) in [6, 6.07) is 12.1. The van der Waals surface area contributed by atoms with Gasteiger partial charge in [-0.1, -0.05) is 23.7 Å². The molecule has 0 aliphatic carbocycles. The maximum Gasteiger partial charge on any atom is 0.255 e. The average Bonchev–Trinajstić information content (AvgIpc) is 2.72. The Balaban J connectivity index is 2.01. The van der Waals surface area contributed by atoms with Crippen LogP contribution >= 0.6 is 23.8 Å². The van der Waals surface area contributed by atoms with E-state index in [0.717, 1.165) is 11.3 Å². The van der Waals surface area contributed by atoms with Crippen LogP contribution in [0, 0.1) is 0 Å². The number of rotatable bonds is 5. The molecule has 1 amide bonds. The first-order chi connectivity index (χ1) is 13.8. The normalized spacial score (nSPS) is 16.4. The number of halogens is 1. The van der Waals surface area contributed by atoms with Crippen molar-refractivity contribution in [2.45, 2.75) is 13.0 Å². The average molecular weight is 432 g/mol. The van der Waals surface area contributed by atoms with E-state index >= 15 is 0 Å².